The van der Waals surface area contributed by atoms with Gasteiger partial charge < -0.3 is 19.0 Å². The molecule has 0 aliphatic carbocycles. The van der Waals surface area contributed by atoms with Gasteiger partial charge in [0, 0.05) is 6.42 Å². The normalized spacial score (nSPS) is 15.9. The maximum atomic E-state index is 12.5. The van der Waals surface area contributed by atoms with Crippen molar-refractivity contribution in [3.05, 3.63) is 59.8 Å². The fourth-order valence-electron chi connectivity index (χ4n) is 4.03. The summed E-state index contributed by atoms with van der Waals surface area (Å²) in [6.45, 7) is 5.83. The molecule has 1 aliphatic rings. The summed E-state index contributed by atoms with van der Waals surface area (Å²) >= 11 is 0. The Balaban J connectivity index is 1.42. The van der Waals surface area contributed by atoms with Crippen molar-refractivity contribution in [2.45, 2.75) is 25.9 Å². The Hall–Kier alpha value is -3.20. The van der Waals surface area contributed by atoms with Gasteiger partial charge in [-0.1, -0.05) is 19.1 Å². The van der Waals surface area contributed by atoms with Crippen LogP contribution < -0.4 is 9.64 Å². The number of aromatic nitrogens is 4. The number of hydrogen-bond donors (Lipinski definition) is 1. The second kappa shape index (κ2) is 9.08. The van der Waals surface area contributed by atoms with E-state index >= 15 is 0 Å². The van der Waals surface area contributed by atoms with Crippen molar-refractivity contribution in [3.63, 3.8) is 0 Å². The van der Waals surface area contributed by atoms with E-state index in [2.05, 4.69) is 22.4 Å². The monoisotopic (exact) mass is 411 g/mol. The summed E-state index contributed by atoms with van der Waals surface area (Å²) in [5.41, 5.74) is 1.11. The van der Waals surface area contributed by atoms with Gasteiger partial charge in [0.2, 0.25) is 5.82 Å². The first kappa shape index (κ1) is 20.1. The van der Waals surface area contributed by atoms with E-state index in [0.29, 0.717) is 25.4 Å². The van der Waals surface area contributed by atoms with Crippen molar-refractivity contribution in [1.82, 2.24) is 25.1 Å². The van der Waals surface area contributed by atoms with E-state index in [0.717, 1.165) is 36.6 Å². The lowest BCUT2D eigenvalue weighted by Gasteiger charge is -2.35. The molecular weight excluding hydrogens is 384 g/mol. The van der Waals surface area contributed by atoms with Crippen LogP contribution in [0.15, 0.2) is 47.1 Å². The van der Waals surface area contributed by atoms with Gasteiger partial charge in [-0.15, -0.1) is 5.10 Å². The summed E-state index contributed by atoms with van der Waals surface area (Å²) in [5, 5.41) is 12.5. The second-order valence-electron chi connectivity index (χ2n) is 7.43. The Bertz CT molecular complexity index is 946. The van der Waals surface area contributed by atoms with E-state index in [9.17, 15) is 4.79 Å². The summed E-state index contributed by atoms with van der Waals surface area (Å²) in [4.78, 5) is 15.8. The van der Waals surface area contributed by atoms with Gasteiger partial charge in [0.05, 0.1) is 46.1 Å². The van der Waals surface area contributed by atoms with Crippen molar-refractivity contribution in [1.29, 1.82) is 0 Å². The molecule has 9 nitrogen and oxygen atoms in total. The average molecular weight is 411 g/mol. The SMILES string of the molecule is CC[C@@H](c1nnnn1Cc1ccc(OC)cc1)[NH+]1CCN(C(=O)c2ccco2)CC1. The van der Waals surface area contributed by atoms with Gasteiger partial charge in [-0.05, 0) is 40.3 Å². The molecule has 1 aliphatic heterocycles. The molecule has 1 saturated heterocycles. The van der Waals surface area contributed by atoms with Crippen molar-refractivity contribution >= 4 is 5.91 Å². The topological polar surface area (TPSA) is 90.7 Å². The van der Waals surface area contributed by atoms with E-state index in [1.54, 1.807) is 19.2 Å². The number of amides is 1. The molecule has 1 atom stereocenters. The summed E-state index contributed by atoms with van der Waals surface area (Å²) in [6.07, 6.45) is 2.45. The summed E-state index contributed by atoms with van der Waals surface area (Å²) in [6, 6.07) is 11.6. The number of carbonyl (C=O) groups is 1. The molecular formula is C21H27N6O3+. The number of nitrogens with one attached hydrogen (secondary N) is 1. The number of hydrogen-bond acceptors (Lipinski definition) is 6. The Morgan fingerprint density at radius 1 is 1.23 bits per heavy atom. The molecule has 1 amide bonds. The molecule has 0 spiro atoms. The Morgan fingerprint density at radius 2 is 2.00 bits per heavy atom. The fourth-order valence-corrected chi connectivity index (χ4v) is 4.03. The number of rotatable bonds is 7. The molecule has 30 heavy (non-hydrogen) atoms. The predicted molar refractivity (Wildman–Crippen MR) is 108 cm³/mol. The number of piperazine rings is 1. The van der Waals surface area contributed by atoms with Crippen molar-refractivity contribution in [3.8, 4) is 5.75 Å². The molecule has 1 N–H and O–H groups in total. The third kappa shape index (κ3) is 4.20. The maximum absolute atomic E-state index is 12.5. The highest BCUT2D eigenvalue weighted by atomic mass is 16.5. The van der Waals surface area contributed by atoms with Gasteiger partial charge in [-0.25, -0.2) is 4.68 Å². The summed E-state index contributed by atoms with van der Waals surface area (Å²) in [5.74, 6) is 2.06. The highest BCUT2D eigenvalue weighted by Crippen LogP contribution is 2.15. The van der Waals surface area contributed by atoms with E-state index in [-0.39, 0.29) is 11.9 Å². The lowest BCUT2D eigenvalue weighted by molar-refractivity contribution is -0.936. The molecule has 0 bridgehead atoms. The van der Waals surface area contributed by atoms with Crippen LogP contribution in [-0.4, -0.2) is 64.3 Å². The standard InChI is InChI=1S/C21H26N6O3/c1-3-18(25-10-12-26(13-11-25)21(28)19-5-4-14-30-19)20-22-23-24-27(20)15-16-6-8-17(29-2)9-7-16/h4-9,14,18H,3,10-13,15H2,1-2H3/p+1/t18-/m0/s1. The maximum Gasteiger partial charge on any atom is 0.289 e. The third-order valence-corrected chi connectivity index (χ3v) is 5.69. The average Bonchev–Trinajstić information content (AvgIpc) is 3.48. The molecule has 0 saturated carbocycles. The molecule has 158 valence electrons. The first-order valence-electron chi connectivity index (χ1n) is 10.3. The molecule has 3 heterocycles. The van der Waals surface area contributed by atoms with Crippen molar-refractivity contribution in [2.75, 3.05) is 33.3 Å². The number of benzene rings is 1. The highest BCUT2D eigenvalue weighted by molar-refractivity contribution is 5.91. The zero-order valence-corrected chi connectivity index (χ0v) is 17.3. The summed E-state index contributed by atoms with van der Waals surface area (Å²) in [7, 11) is 1.66. The lowest BCUT2D eigenvalue weighted by Crippen LogP contribution is -3.15. The largest absolute Gasteiger partial charge is 0.497 e. The van der Waals surface area contributed by atoms with Gasteiger partial charge >= 0.3 is 0 Å². The molecule has 9 heteroatoms. The van der Waals surface area contributed by atoms with Gasteiger partial charge in [0.1, 0.15) is 11.8 Å². The molecule has 3 aromatic rings. The van der Waals surface area contributed by atoms with Crippen LogP contribution in [-0.2, 0) is 6.54 Å². The number of carbonyl (C=O) groups excluding carboxylic acids is 1. The molecule has 4 rings (SSSR count). The minimum absolute atomic E-state index is 0.0450. The number of nitrogens with zero attached hydrogens (tertiary/aromatic N) is 5. The molecule has 1 fully saturated rings. The lowest BCUT2D eigenvalue weighted by atomic mass is 10.1. The van der Waals surface area contributed by atoms with Crippen molar-refractivity contribution in [2.24, 2.45) is 0 Å². The summed E-state index contributed by atoms with van der Waals surface area (Å²) < 4.78 is 12.4. The second-order valence-corrected chi connectivity index (χ2v) is 7.43. The number of quaternary nitrogens is 1. The van der Waals surface area contributed by atoms with Gasteiger partial charge in [0.25, 0.3) is 5.91 Å². The first-order chi connectivity index (χ1) is 14.7. The highest BCUT2D eigenvalue weighted by Gasteiger charge is 2.33. The van der Waals surface area contributed by atoms with Crippen LogP contribution in [0.4, 0.5) is 0 Å². The number of ether oxygens (including phenoxy) is 1. The van der Waals surface area contributed by atoms with E-state index in [1.165, 1.54) is 11.2 Å². The van der Waals surface area contributed by atoms with Gasteiger partial charge in [0.15, 0.2) is 5.76 Å². The predicted octanol–water partition coefficient (Wildman–Crippen LogP) is 0.815. The Kier molecular flexibility index (Phi) is 6.08. The van der Waals surface area contributed by atoms with E-state index in [1.807, 2.05) is 33.8 Å². The molecule has 0 unspecified atom stereocenters. The number of methoxy groups -OCH3 is 1. The first-order valence-corrected chi connectivity index (χ1v) is 10.3. The van der Waals surface area contributed by atoms with E-state index in [4.69, 9.17) is 9.15 Å². The van der Waals surface area contributed by atoms with Crippen LogP contribution in [0.25, 0.3) is 0 Å². The minimum atomic E-state index is -0.0450. The van der Waals surface area contributed by atoms with Crippen LogP contribution in [0.3, 0.4) is 0 Å². The third-order valence-electron chi connectivity index (χ3n) is 5.69. The van der Waals surface area contributed by atoms with E-state index < -0.39 is 0 Å². The minimum Gasteiger partial charge on any atom is -0.497 e. The van der Waals surface area contributed by atoms with Crippen LogP contribution in [0.2, 0.25) is 0 Å². The Morgan fingerprint density at radius 3 is 2.63 bits per heavy atom. The van der Waals surface area contributed by atoms with Crippen LogP contribution in [0.5, 0.6) is 5.75 Å². The van der Waals surface area contributed by atoms with Crippen molar-refractivity contribution < 1.29 is 18.8 Å². The van der Waals surface area contributed by atoms with Crippen LogP contribution >= 0.6 is 0 Å². The molecule has 2 aromatic heterocycles. The van der Waals surface area contributed by atoms with Crippen LogP contribution in [0.1, 0.15) is 41.3 Å². The fraction of sp³-hybridized carbons (Fsp3) is 0.429. The Labute approximate surface area is 175 Å². The van der Waals surface area contributed by atoms with Gasteiger partial charge in [-0.2, -0.15) is 0 Å². The zero-order chi connectivity index (χ0) is 20.9. The quantitative estimate of drug-likeness (QED) is 0.619. The van der Waals surface area contributed by atoms with Gasteiger partial charge in [-0.3, -0.25) is 4.79 Å². The zero-order valence-electron chi connectivity index (χ0n) is 17.3. The molecule has 0 radical (unpaired) electrons. The molecule has 1 aromatic carbocycles. The number of tetrazole rings is 1. The van der Waals surface area contributed by atoms with Crippen LogP contribution in [0, 0.1) is 0 Å². The number of furan rings is 1. The smallest absolute Gasteiger partial charge is 0.289 e.